The Balaban J connectivity index is 1.76. The zero-order chi connectivity index (χ0) is 20.9. The highest BCUT2D eigenvalue weighted by Gasteiger charge is 2.31. The van der Waals surface area contributed by atoms with Crippen molar-refractivity contribution in [2.24, 2.45) is 0 Å². The first kappa shape index (κ1) is 18.5. The molecule has 150 valence electrons. The van der Waals surface area contributed by atoms with Crippen molar-refractivity contribution in [1.82, 2.24) is 14.4 Å². The van der Waals surface area contributed by atoms with Gasteiger partial charge in [0.25, 0.3) is 0 Å². The van der Waals surface area contributed by atoms with Gasteiger partial charge in [-0.2, -0.15) is 0 Å². The maximum atomic E-state index is 13.1. The Hall–Kier alpha value is -3.26. The third kappa shape index (κ3) is 2.85. The van der Waals surface area contributed by atoms with E-state index in [1.54, 1.807) is 0 Å². The van der Waals surface area contributed by atoms with Crippen LogP contribution < -0.4 is 4.90 Å². The molecule has 0 saturated heterocycles. The van der Waals surface area contributed by atoms with Crippen molar-refractivity contribution in [1.29, 1.82) is 0 Å². The highest BCUT2D eigenvalue weighted by atomic mass is 127. The molecule has 3 aromatic carbocycles. The van der Waals surface area contributed by atoms with Crippen LogP contribution in [-0.4, -0.2) is 26.7 Å². The Labute approximate surface area is 192 Å². The van der Waals surface area contributed by atoms with E-state index in [-0.39, 0.29) is 5.78 Å². The number of para-hydroxylation sites is 3. The molecule has 2 aromatic heterocycles. The molecule has 0 saturated carbocycles. The van der Waals surface area contributed by atoms with Crippen LogP contribution in [0.2, 0.25) is 0 Å². The first-order chi connectivity index (χ1) is 15.2. The molecule has 0 N–H and O–H groups in total. The van der Waals surface area contributed by atoms with Crippen molar-refractivity contribution in [3.8, 4) is 11.4 Å². The van der Waals surface area contributed by atoms with E-state index in [1.807, 2.05) is 59.0 Å². The summed E-state index contributed by atoms with van der Waals surface area (Å²) in [5, 5.41) is 0. The van der Waals surface area contributed by atoms with Crippen LogP contribution in [0, 0.1) is 3.57 Å². The van der Waals surface area contributed by atoms with Crippen molar-refractivity contribution in [3.05, 3.63) is 88.0 Å². The molecule has 0 atom stereocenters. The summed E-state index contributed by atoms with van der Waals surface area (Å²) in [5.74, 6) is 1.56. The van der Waals surface area contributed by atoms with Gasteiger partial charge in [-0.3, -0.25) is 9.20 Å². The van der Waals surface area contributed by atoms with Gasteiger partial charge in [-0.25, -0.2) is 9.97 Å². The van der Waals surface area contributed by atoms with Crippen molar-refractivity contribution in [3.63, 3.8) is 0 Å². The molecule has 1 aliphatic rings. The van der Waals surface area contributed by atoms with Crippen LogP contribution in [-0.2, 0) is 0 Å². The molecule has 0 radical (unpaired) electrons. The predicted octanol–water partition coefficient (Wildman–Crippen LogP) is 5.88. The summed E-state index contributed by atoms with van der Waals surface area (Å²) in [5.41, 5.74) is 5.12. The Morgan fingerprint density at radius 1 is 0.839 bits per heavy atom. The minimum atomic E-state index is 0.0873. The average molecular weight is 516 g/mol. The highest BCUT2D eigenvalue weighted by Crippen LogP contribution is 2.38. The number of rotatable bonds is 2. The van der Waals surface area contributed by atoms with Crippen molar-refractivity contribution in [2.75, 3.05) is 11.4 Å². The molecule has 6 heteroatoms. The van der Waals surface area contributed by atoms with Crippen LogP contribution in [0.25, 0.3) is 28.1 Å². The second-order valence-corrected chi connectivity index (χ2v) is 8.70. The fourth-order valence-corrected chi connectivity index (χ4v) is 4.91. The zero-order valence-corrected chi connectivity index (χ0v) is 18.7. The smallest absolute Gasteiger partial charge is 0.172 e. The number of anilines is 2. The molecule has 5 nitrogen and oxygen atoms in total. The van der Waals surface area contributed by atoms with Gasteiger partial charge in [0.05, 0.1) is 11.0 Å². The Kier molecular flexibility index (Phi) is 4.27. The molecule has 3 heterocycles. The summed E-state index contributed by atoms with van der Waals surface area (Å²) in [6.45, 7) is 0.602. The van der Waals surface area contributed by atoms with Crippen molar-refractivity contribution >= 4 is 56.6 Å². The van der Waals surface area contributed by atoms with E-state index in [2.05, 4.69) is 51.8 Å². The topological polar surface area (TPSA) is 50.5 Å². The van der Waals surface area contributed by atoms with E-state index in [9.17, 15) is 4.79 Å². The lowest BCUT2D eigenvalue weighted by Crippen LogP contribution is -2.30. The fraction of sp³-hybridized carbons (Fsp3) is 0.0800. The predicted molar refractivity (Wildman–Crippen MR) is 131 cm³/mol. The van der Waals surface area contributed by atoms with Crippen LogP contribution in [0.15, 0.2) is 78.9 Å². The minimum Gasteiger partial charge on any atom is -0.325 e. The van der Waals surface area contributed by atoms with Crippen LogP contribution in [0.3, 0.4) is 0 Å². The monoisotopic (exact) mass is 516 g/mol. The largest absolute Gasteiger partial charge is 0.325 e. The van der Waals surface area contributed by atoms with Crippen LogP contribution >= 0.6 is 22.6 Å². The van der Waals surface area contributed by atoms with Gasteiger partial charge in [-0.15, -0.1) is 0 Å². The van der Waals surface area contributed by atoms with E-state index in [0.717, 1.165) is 31.7 Å². The number of nitrogens with zero attached hydrogens (tertiary/aromatic N) is 4. The van der Waals surface area contributed by atoms with Gasteiger partial charge in [-0.1, -0.05) is 48.5 Å². The van der Waals surface area contributed by atoms with Crippen LogP contribution in [0.5, 0.6) is 0 Å². The van der Waals surface area contributed by atoms with Gasteiger partial charge in [0.15, 0.2) is 11.4 Å². The number of fused-ring (bicyclic) bond motifs is 5. The van der Waals surface area contributed by atoms with Gasteiger partial charge >= 0.3 is 0 Å². The molecule has 0 bridgehead atoms. The molecule has 0 aliphatic carbocycles. The summed E-state index contributed by atoms with van der Waals surface area (Å²) in [6, 6.07) is 26.3. The highest BCUT2D eigenvalue weighted by molar-refractivity contribution is 14.1. The lowest BCUT2D eigenvalue weighted by Gasteiger charge is -2.30. The van der Waals surface area contributed by atoms with Gasteiger partial charge in [0.2, 0.25) is 0 Å². The Bertz CT molecular complexity index is 1480. The van der Waals surface area contributed by atoms with E-state index in [4.69, 9.17) is 9.97 Å². The Morgan fingerprint density at radius 3 is 2.42 bits per heavy atom. The molecular weight excluding hydrogens is 499 g/mol. The Morgan fingerprint density at radius 2 is 1.58 bits per heavy atom. The molecule has 6 rings (SSSR count). The molecule has 0 unspecified atom stereocenters. The third-order valence-electron chi connectivity index (χ3n) is 5.71. The number of aromatic nitrogens is 3. The molecule has 0 fully saturated rings. The summed E-state index contributed by atoms with van der Waals surface area (Å²) < 4.78 is 3.14. The molecule has 5 aromatic rings. The summed E-state index contributed by atoms with van der Waals surface area (Å²) in [6.07, 6.45) is 0.435. The normalized spacial score (nSPS) is 13.7. The maximum absolute atomic E-state index is 13.1. The quantitative estimate of drug-likeness (QED) is 0.275. The number of ketones is 1. The third-order valence-corrected chi connectivity index (χ3v) is 6.65. The number of imidazole rings is 1. The van der Waals surface area contributed by atoms with Crippen LogP contribution in [0.4, 0.5) is 11.5 Å². The van der Waals surface area contributed by atoms with E-state index < -0.39 is 0 Å². The molecule has 1 aliphatic heterocycles. The molecule has 0 amide bonds. The van der Waals surface area contributed by atoms with Gasteiger partial charge in [0.1, 0.15) is 17.2 Å². The molecular formula is C25H17IN4O. The lowest BCUT2D eigenvalue weighted by molar-refractivity contribution is 0.0982. The summed E-state index contributed by atoms with van der Waals surface area (Å²) in [7, 11) is 0. The standard InChI is InChI=1S/C25H17IN4O/c26-18-11-5-4-10-17(18)23-28-24-22(25-27-19-12-6-7-13-20(19)30(23)25)21(31)14-15-29(24)16-8-2-1-3-9-16/h1-13H,14-15H2. The van der Waals surface area contributed by atoms with E-state index >= 15 is 0 Å². The second kappa shape index (κ2) is 7.16. The van der Waals surface area contributed by atoms with Gasteiger partial charge in [-0.05, 0) is 52.9 Å². The maximum Gasteiger partial charge on any atom is 0.172 e. The van der Waals surface area contributed by atoms with Crippen molar-refractivity contribution in [2.45, 2.75) is 6.42 Å². The number of benzene rings is 3. The first-order valence-electron chi connectivity index (χ1n) is 10.1. The first-order valence-corrected chi connectivity index (χ1v) is 11.2. The zero-order valence-electron chi connectivity index (χ0n) is 16.5. The fourth-order valence-electron chi connectivity index (χ4n) is 4.29. The molecule has 31 heavy (non-hydrogen) atoms. The van der Waals surface area contributed by atoms with Gasteiger partial charge in [0, 0.05) is 27.8 Å². The summed E-state index contributed by atoms with van der Waals surface area (Å²) in [4.78, 5) is 25.3. The lowest BCUT2D eigenvalue weighted by atomic mass is 10.0. The minimum absolute atomic E-state index is 0.0873. The number of carbonyl (C=O) groups excluding carboxylic acids is 1. The SMILES string of the molecule is O=C1CCN(c2ccccc2)c2nc(-c3ccccc3I)n3c(nc4ccccc43)c21. The average Bonchev–Trinajstić information content (AvgIpc) is 3.19. The molecule has 0 spiro atoms. The number of halogens is 1. The van der Waals surface area contributed by atoms with Gasteiger partial charge < -0.3 is 4.90 Å². The van der Waals surface area contributed by atoms with E-state index in [1.165, 1.54) is 0 Å². The van der Waals surface area contributed by atoms with E-state index in [0.29, 0.717) is 30.0 Å². The van der Waals surface area contributed by atoms with Crippen LogP contribution in [0.1, 0.15) is 16.8 Å². The number of hydrogen-bond donors (Lipinski definition) is 0. The second-order valence-electron chi connectivity index (χ2n) is 7.53. The summed E-state index contributed by atoms with van der Waals surface area (Å²) >= 11 is 2.34. The number of carbonyl (C=O) groups is 1. The number of Topliss-reactive ketones (excluding diaryl/α,β-unsaturated/α-hetero) is 1. The van der Waals surface area contributed by atoms with Crippen molar-refractivity contribution < 1.29 is 4.79 Å². The number of hydrogen-bond acceptors (Lipinski definition) is 4.